The third kappa shape index (κ3) is 4.62. The maximum Gasteiger partial charge on any atom is 0.178 e. The van der Waals surface area contributed by atoms with Gasteiger partial charge in [0.2, 0.25) is 0 Å². The van der Waals surface area contributed by atoms with Gasteiger partial charge in [0, 0.05) is 23.0 Å². The first-order valence-corrected chi connectivity index (χ1v) is 10.2. The Morgan fingerprint density at radius 2 is 1.93 bits per heavy atom. The lowest BCUT2D eigenvalue weighted by Crippen LogP contribution is -2.25. The molecule has 0 aliphatic heterocycles. The highest BCUT2D eigenvalue weighted by Crippen LogP contribution is 2.32. The minimum absolute atomic E-state index is 0.185. The van der Waals surface area contributed by atoms with Gasteiger partial charge in [0.15, 0.2) is 5.78 Å². The highest BCUT2D eigenvalue weighted by atomic mass is 16.5. The third-order valence-electron chi connectivity index (χ3n) is 5.77. The van der Waals surface area contributed by atoms with Crippen molar-refractivity contribution in [3.8, 4) is 5.75 Å². The fourth-order valence-electron chi connectivity index (χ4n) is 4.39. The van der Waals surface area contributed by atoms with Gasteiger partial charge in [-0.05, 0) is 57.4 Å². The van der Waals surface area contributed by atoms with Crippen molar-refractivity contribution < 1.29 is 9.53 Å². The molecule has 0 bridgehead atoms. The van der Waals surface area contributed by atoms with Crippen LogP contribution in [0.1, 0.15) is 65.5 Å². The quantitative estimate of drug-likeness (QED) is 0.545. The van der Waals surface area contributed by atoms with E-state index in [1.807, 2.05) is 18.2 Å². The Kier molecular flexibility index (Phi) is 6.73. The van der Waals surface area contributed by atoms with Gasteiger partial charge in [-0.1, -0.05) is 37.5 Å². The van der Waals surface area contributed by atoms with E-state index in [9.17, 15) is 4.79 Å². The van der Waals surface area contributed by atoms with Crippen LogP contribution in [0.25, 0.3) is 0 Å². The van der Waals surface area contributed by atoms with Crippen LogP contribution < -0.4 is 10.1 Å². The molecule has 146 valence electrons. The first-order chi connectivity index (χ1) is 13.1. The molecule has 3 rings (SSSR count). The zero-order valence-corrected chi connectivity index (χ0v) is 16.9. The van der Waals surface area contributed by atoms with E-state index in [2.05, 4.69) is 35.9 Å². The number of Topliss-reactive ketones (excluding diaryl/α,β-unsaturated/α-hetero) is 1. The summed E-state index contributed by atoms with van der Waals surface area (Å²) in [5, 5.41) is 3.30. The zero-order chi connectivity index (χ0) is 19.2. The SMILES string of the molecule is COc1ccccc1CCNCC(=O)c1cc(C)n(C2CCCCC2)c1C. The number of para-hydroxylation sites is 1. The van der Waals surface area contributed by atoms with E-state index >= 15 is 0 Å². The molecule has 0 radical (unpaired) electrons. The van der Waals surface area contributed by atoms with Crippen molar-refractivity contribution in [3.63, 3.8) is 0 Å². The summed E-state index contributed by atoms with van der Waals surface area (Å²) >= 11 is 0. The van der Waals surface area contributed by atoms with E-state index in [0.717, 1.165) is 35.5 Å². The largest absolute Gasteiger partial charge is 0.496 e. The van der Waals surface area contributed by atoms with Gasteiger partial charge in [0.25, 0.3) is 0 Å². The number of hydrogen-bond donors (Lipinski definition) is 1. The predicted molar refractivity (Wildman–Crippen MR) is 110 cm³/mol. The van der Waals surface area contributed by atoms with Crippen LogP contribution in [0.3, 0.4) is 0 Å². The van der Waals surface area contributed by atoms with Crippen molar-refractivity contribution >= 4 is 5.78 Å². The maximum atomic E-state index is 12.7. The molecule has 1 aliphatic carbocycles. The minimum atomic E-state index is 0.185. The van der Waals surface area contributed by atoms with Crippen molar-refractivity contribution in [1.82, 2.24) is 9.88 Å². The zero-order valence-electron chi connectivity index (χ0n) is 16.9. The number of aromatic nitrogens is 1. The fourth-order valence-corrected chi connectivity index (χ4v) is 4.39. The van der Waals surface area contributed by atoms with Crippen molar-refractivity contribution in [2.24, 2.45) is 0 Å². The molecule has 0 atom stereocenters. The molecule has 1 saturated carbocycles. The number of aryl methyl sites for hydroxylation is 1. The molecule has 1 N–H and O–H groups in total. The molecule has 4 heteroatoms. The molecule has 1 aromatic carbocycles. The summed E-state index contributed by atoms with van der Waals surface area (Å²) in [5.41, 5.74) is 4.39. The molecule has 4 nitrogen and oxygen atoms in total. The second-order valence-corrected chi connectivity index (χ2v) is 7.61. The summed E-state index contributed by atoms with van der Waals surface area (Å²) in [4.78, 5) is 12.7. The van der Waals surface area contributed by atoms with Crippen LogP contribution >= 0.6 is 0 Å². The van der Waals surface area contributed by atoms with E-state index in [1.54, 1.807) is 7.11 Å². The van der Waals surface area contributed by atoms with Gasteiger partial charge in [-0.25, -0.2) is 0 Å². The first-order valence-electron chi connectivity index (χ1n) is 10.2. The van der Waals surface area contributed by atoms with Crippen molar-refractivity contribution in [2.75, 3.05) is 20.2 Å². The van der Waals surface area contributed by atoms with Gasteiger partial charge in [-0.3, -0.25) is 4.79 Å². The molecule has 27 heavy (non-hydrogen) atoms. The van der Waals surface area contributed by atoms with Crippen LogP contribution in [0, 0.1) is 13.8 Å². The van der Waals surface area contributed by atoms with Crippen molar-refractivity contribution in [2.45, 2.75) is 58.4 Å². The lowest BCUT2D eigenvalue weighted by Gasteiger charge is -2.26. The van der Waals surface area contributed by atoms with Crippen LogP contribution in [0.15, 0.2) is 30.3 Å². The Hall–Kier alpha value is -2.07. The lowest BCUT2D eigenvalue weighted by molar-refractivity contribution is 0.0990. The number of methoxy groups -OCH3 is 1. The second kappa shape index (κ2) is 9.23. The number of benzene rings is 1. The number of rotatable bonds is 8. The number of hydrogen-bond acceptors (Lipinski definition) is 3. The molecule has 1 fully saturated rings. The first kappa shape index (κ1) is 19.7. The van der Waals surface area contributed by atoms with Gasteiger partial charge in [0.1, 0.15) is 5.75 Å². The summed E-state index contributed by atoms with van der Waals surface area (Å²) in [5.74, 6) is 1.09. The molecular formula is C23H32N2O2. The molecule has 0 saturated heterocycles. The highest BCUT2D eigenvalue weighted by Gasteiger charge is 2.22. The summed E-state index contributed by atoms with van der Waals surface area (Å²) in [6.07, 6.45) is 7.27. The van der Waals surface area contributed by atoms with Crippen LogP contribution in [-0.4, -0.2) is 30.5 Å². The number of ketones is 1. The molecule has 0 amide bonds. The monoisotopic (exact) mass is 368 g/mol. The van der Waals surface area contributed by atoms with E-state index < -0.39 is 0 Å². The van der Waals surface area contributed by atoms with E-state index in [-0.39, 0.29) is 5.78 Å². The predicted octanol–water partition coefficient (Wildman–Crippen LogP) is 4.63. The third-order valence-corrected chi connectivity index (χ3v) is 5.77. The topological polar surface area (TPSA) is 43.3 Å². The molecule has 1 heterocycles. The summed E-state index contributed by atoms with van der Waals surface area (Å²) < 4.78 is 7.79. The average molecular weight is 369 g/mol. The Morgan fingerprint density at radius 3 is 2.67 bits per heavy atom. The highest BCUT2D eigenvalue weighted by molar-refractivity contribution is 5.99. The molecule has 2 aromatic rings. The van der Waals surface area contributed by atoms with Crippen LogP contribution in [-0.2, 0) is 6.42 Å². The Bertz CT molecular complexity index is 773. The molecule has 1 aliphatic rings. The minimum Gasteiger partial charge on any atom is -0.496 e. The Balaban J connectivity index is 1.57. The lowest BCUT2D eigenvalue weighted by atomic mass is 9.95. The van der Waals surface area contributed by atoms with Crippen molar-refractivity contribution in [3.05, 3.63) is 52.8 Å². The standard InChI is InChI=1S/C23H32N2O2/c1-17-15-21(18(2)25(17)20-10-5-4-6-11-20)22(26)16-24-14-13-19-9-7-8-12-23(19)27-3/h7-9,12,15,20,24H,4-6,10-11,13-14,16H2,1-3H3. The van der Waals surface area contributed by atoms with Crippen LogP contribution in [0.5, 0.6) is 5.75 Å². The molecular weight excluding hydrogens is 336 g/mol. The van der Waals surface area contributed by atoms with Gasteiger partial charge in [0.05, 0.1) is 13.7 Å². The molecule has 0 spiro atoms. The van der Waals surface area contributed by atoms with Gasteiger partial charge < -0.3 is 14.6 Å². The summed E-state index contributed by atoms with van der Waals surface area (Å²) in [6.45, 7) is 5.37. The normalized spacial score (nSPS) is 15.1. The van der Waals surface area contributed by atoms with Crippen LogP contribution in [0.2, 0.25) is 0 Å². The maximum absolute atomic E-state index is 12.7. The molecule has 1 aromatic heterocycles. The number of carbonyl (C=O) groups is 1. The summed E-state index contributed by atoms with van der Waals surface area (Å²) in [6, 6.07) is 10.7. The average Bonchev–Trinajstić information content (AvgIpc) is 3.00. The smallest absolute Gasteiger partial charge is 0.178 e. The number of nitrogens with zero attached hydrogens (tertiary/aromatic N) is 1. The second-order valence-electron chi connectivity index (χ2n) is 7.61. The fraction of sp³-hybridized carbons (Fsp3) is 0.522. The van der Waals surface area contributed by atoms with Gasteiger partial charge in [-0.2, -0.15) is 0 Å². The summed E-state index contributed by atoms with van der Waals surface area (Å²) in [7, 11) is 1.69. The van der Waals surface area contributed by atoms with Gasteiger partial charge in [-0.15, -0.1) is 0 Å². The van der Waals surface area contributed by atoms with E-state index in [0.29, 0.717) is 12.6 Å². The van der Waals surface area contributed by atoms with E-state index in [4.69, 9.17) is 4.74 Å². The number of nitrogens with one attached hydrogen (secondary N) is 1. The van der Waals surface area contributed by atoms with Crippen LogP contribution in [0.4, 0.5) is 0 Å². The van der Waals surface area contributed by atoms with Gasteiger partial charge >= 0.3 is 0 Å². The van der Waals surface area contributed by atoms with Crippen molar-refractivity contribution in [1.29, 1.82) is 0 Å². The Morgan fingerprint density at radius 1 is 1.19 bits per heavy atom. The van der Waals surface area contributed by atoms with E-state index in [1.165, 1.54) is 37.8 Å². The Labute approximate surface area is 162 Å². The number of ether oxygens (including phenoxy) is 1. The molecule has 0 unspecified atom stereocenters. The number of carbonyl (C=O) groups excluding carboxylic acids is 1.